The third-order valence-corrected chi connectivity index (χ3v) is 9.67. The first-order valence-electron chi connectivity index (χ1n) is 14.3. The van der Waals surface area contributed by atoms with Crippen molar-refractivity contribution in [2.24, 2.45) is 11.8 Å². The molecule has 11 heteroatoms. The summed E-state index contributed by atoms with van der Waals surface area (Å²) in [6.45, 7) is 9.69. The lowest BCUT2D eigenvalue weighted by Crippen LogP contribution is -2.47. The van der Waals surface area contributed by atoms with Crippen LogP contribution in [0.4, 0.5) is 4.79 Å². The monoisotopic (exact) mass is 628 g/mol. The molecule has 0 spiro atoms. The molecule has 0 saturated carbocycles. The molecule has 9 nitrogen and oxygen atoms in total. The number of aliphatic carboxylic acids is 1. The number of nitrogens with zero attached hydrogens (tertiary/aromatic N) is 1. The first-order chi connectivity index (χ1) is 20.3. The highest BCUT2D eigenvalue weighted by Crippen LogP contribution is 2.36. The molecule has 1 unspecified atom stereocenters. The zero-order valence-electron chi connectivity index (χ0n) is 25.2. The van der Waals surface area contributed by atoms with Crippen LogP contribution in [0.15, 0.2) is 64.9 Å². The second-order valence-corrected chi connectivity index (χ2v) is 14.1. The quantitative estimate of drug-likeness (QED) is 0.193. The smallest absolute Gasteiger partial charge is 0.421 e. The van der Waals surface area contributed by atoms with E-state index in [1.807, 2.05) is 31.6 Å². The van der Waals surface area contributed by atoms with Gasteiger partial charge in [0, 0.05) is 22.5 Å². The Bertz CT molecular complexity index is 1500. The van der Waals surface area contributed by atoms with E-state index in [0.29, 0.717) is 35.1 Å². The van der Waals surface area contributed by atoms with Gasteiger partial charge in [-0.2, -0.15) is 0 Å². The summed E-state index contributed by atoms with van der Waals surface area (Å²) in [7, 11) is -4.22. The third-order valence-electron chi connectivity index (χ3n) is 6.67. The molecule has 2 amide bonds. The van der Waals surface area contributed by atoms with Crippen LogP contribution in [0, 0.1) is 11.8 Å². The lowest BCUT2D eigenvalue weighted by Gasteiger charge is -2.31. The topological polar surface area (TPSA) is 130 Å². The van der Waals surface area contributed by atoms with Crippen molar-refractivity contribution in [3.05, 3.63) is 76.7 Å². The number of carbonyl (C=O) groups excluding carboxylic acids is 2. The van der Waals surface area contributed by atoms with E-state index in [4.69, 9.17) is 4.74 Å². The van der Waals surface area contributed by atoms with Gasteiger partial charge in [0.05, 0.1) is 6.61 Å². The zero-order valence-corrected chi connectivity index (χ0v) is 26.8. The largest absolute Gasteiger partial charge is 0.480 e. The molecule has 43 heavy (non-hydrogen) atoms. The summed E-state index contributed by atoms with van der Waals surface area (Å²) in [5.41, 5.74) is 2.12. The molecule has 0 fully saturated rings. The zero-order chi connectivity index (χ0) is 31.7. The van der Waals surface area contributed by atoms with Crippen molar-refractivity contribution in [3.8, 4) is 11.1 Å². The Morgan fingerprint density at radius 2 is 1.65 bits per heavy atom. The van der Waals surface area contributed by atoms with Crippen LogP contribution in [0.2, 0.25) is 0 Å². The van der Waals surface area contributed by atoms with Gasteiger partial charge in [0.2, 0.25) is 0 Å². The Morgan fingerprint density at radius 3 is 2.21 bits per heavy atom. The van der Waals surface area contributed by atoms with Crippen LogP contribution in [0.3, 0.4) is 0 Å². The van der Waals surface area contributed by atoms with Gasteiger partial charge in [-0.25, -0.2) is 22.7 Å². The lowest BCUT2D eigenvalue weighted by molar-refractivity contribution is -0.144. The predicted octanol–water partition coefficient (Wildman–Crippen LogP) is 6.58. The molecule has 0 aliphatic heterocycles. The normalized spacial score (nSPS) is 12.3. The maximum Gasteiger partial charge on any atom is 0.421 e. The van der Waals surface area contributed by atoms with E-state index in [1.165, 1.54) is 4.90 Å². The van der Waals surface area contributed by atoms with E-state index in [9.17, 15) is 27.9 Å². The minimum absolute atomic E-state index is 0.00923. The molecule has 2 aromatic carbocycles. The van der Waals surface area contributed by atoms with E-state index in [2.05, 4.69) is 0 Å². The Kier molecular flexibility index (Phi) is 11.9. The molecule has 232 valence electrons. The second kappa shape index (κ2) is 15.2. The number of amides is 2. The van der Waals surface area contributed by atoms with Crippen LogP contribution in [-0.4, -0.2) is 49.0 Å². The summed E-state index contributed by atoms with van der Waals surface area (Å²) in [6.07, 6.45) is 1.07. The average molecular weight is 629 g/mol. The first kappa shape index (κ1) is 33.8. The summed E-state index contributed by atoms with van der Waals surface area (Å²) in [5.74, 6) is -1.55. The summed E-state index contributed by atoms with van der Waals surface area (Å²) in [5, 5.41) is 9.99. The van der Waals surface area contributed by atoms with Gasteiger partial charge in [-0.05, 0) is 54.0 Å². The van der Waals surface area contributed by atoms with Gasteiger partial charge in [0.25, 0.3) is 15.9 Å². The van der Waals surface area contributed by atoms with Gasteiger partial charge in [0.15, 0.2) is 0 Å². The summed E-state index contributed by atoms with van der Waals surface area (Å²) >= 11 is 1.11. The number of thiophene rings is 1. The maximum absolute atomic E-state index is 13.5. The van der Waals surface area contributed by atoms with E-state index < -0.39 is 34.0 Å². The van der Waals surface area contributed by atoms with E-state index in [1.54, 1.807) is 68.4 Å². The van der Waals surface area contributed by atoms with Crippen LogP contribution in [0.5, 0.6) is 0 Å². The molecule has 0 saturated heterocycles. The number of nitrogens with one attached hydrogen (secondary N) is 1. The van der Waals surface area contributed by atoms with Crippen LogP contribution in [-0.2, 0) is 32.5 Å². The Morgan fingerprint density at radius 1 is 1.00 bits per heavy atom. The third kappa shape index (κ3) is 9.14. The second-order valence-electron chi connectivity index (χ2n) is 11.1. The SMILES string of the molecule is CCCCOC(=O)NS(=O)(=O)c1sc(CC(C)C)cc1-c1ccc(CN(C(=O)c2ccccc2)C(C(=O)O)C(C)C)cc1. The van der Waals surface area contributed by atoms with Crippen LogP contribution in [0.25, 0.3) is 11.1 Å². The fourth-order valence-corrected chi connectivity index (χ4v) is 7.47. The fraction of sp³-hybridized carbons (Fsp3) is 0.406. The summed E-state index contributed by atoms with van der Waals surface area (Å²) in [4.78, 5) is 40.1. The molecule has 1 aromatic heterocycles. The van der Waals surface area contributed by atoms with Crippen LogP contribution >= 0.6 is 11.3 Å². The molecular weight excluding hydrogens is 588 g/mol. The number of benzene rings is 2. The van der Waals surface area contributed by atoms with Crippen molar-refractivity contribution >= 4 is 39.3 Å². The number of carboxylic acids is 1. The van der Waals surface area contributed by atoms with Crippen molar-refractivity contribution in [1.29, 1.82) is 0 Å². The summed E-state index contributed by atoms with van der Waals surface area (Å²) < 4.78 is 33.6. The van der Waals surface area contributed by atoms with Gasteiger partial charge < -0.3 is 14.7 Å². The number of hydrogen-bond acceptors (Lipinski definition) is 7. The molecular formula is C32H40N2O7S2. The minimum atomic E-state index is -4.22. The number of carbonyl (C=O) groups is 3. The Balaban J connectivity index is 1.95. The molecule has 0 radical (unpaired) electrons. The van der Waals surface area contributed by atoms with E-state index in [-0.39, 0.29) is 29.2 Å². The number of carboxylic acid groups (broad SMARTS) is 1. The Labute approximate surface area is 257 Å². The Hall–Kier alpha value is -3.70. The highest BCUT2D eigenvalue weighted by molar-refractivity contribution is 7.92. The number of hydrogen-bond donors (Lipinski definition) is 2. The lowest BCUT2D eigenvalue weighted by atomic mass is 9.99. The maximum atomic E-state index is 13.5. The van der Waals surface area contributed by atoms with Gasteiger partial charge in [0.1, 0.15) is 10.3 Å². The number of unbranched alkanes of at least 4 members (excludes halogenated alkanes) is 1. The average Bonchev–Trinajstić information content (AvgIpc) is 3.37. The van der Waals surface area contributed by atoms with Crippen molar-refractivity contribution in [1.82, 2.24) is 9.62 Å². The van der Waals surface area contributed by atoms with Crippen molar-refractivity contribution in [3.63, 3.8) is 0 Å². The van der Waals surface area contributed by atoms with Crippen molar-refractivity contribution in [2.45, 2.75) is 70.7 Å². The van der Waals surface area contributed by atoms with Gasteiger partial charge in [-0.3, -0.25) is 4.79 Å². The molecule has 0 aliphatic rings. The highest BCUT2D eigenvalue weighted by atomic mass is 32.2. The standard InChI is InChI=1S/C32H40N2O7S2/c1-6-7-17-41-32(38)33-43(39,40)31-27(19-26(42-31)18-21(2)3)24-15-13-23(14-16-24)20-34(28(22(4)5)30(36)37)29(35)25-11-9-8-10-12-25/h8-16,19,21-22,28H,6-7,17-18,20H2,1-5H3,(H,33,38)(H,36,37). The highest BCUT2D eigenvalue weighted by Gasteiger charge is 2.33. The fourth-order valence-electron chi connectivity index (χ4n) is 4.63. The van der Waals surface area contributed by atoms with Gasteiger partial charge in [-0.15, -0.1) is 11.3 Å². The number of ether oxygens (including phenoxy) is 1. The molecule has 1 heterocycles. The molecule has 2 N–H and O–H groups in total. The van der Waals surface area contributed by atoms with Gasteiger partial charge >= 0.3 is 12.1 Å². The number of sulfonamides is 1. The molecule has 3 aromatic rings. The minimum Gasteiger partial charge on any atom is -0.480 e. The number of rotatable bonds is 14. The molecule has 0 aliphatic carbocycles. The van der Waals surface area contributed by atoms with Crippen molar-refractivity contribution < 1.29 is 32.6 Å². The molecule has 3 rings (SSSR count). The van der Waals surface area contributed by atoms with Crippen LogP contribution < -0.4 is 4.72 Å². The first-order valence-corrected chi connectivity index (χ1v) is 16.6. The van der Waals surface area contributed by atoms with Gasteiger partial charge in [-0.1, -0.05) is 83.5 Å². The van der Waals surface area contributed by atoms with E-state index in [0.717, 1.165) is 22.6 Å². The van der Waals surface area contributed by atoms with Crippen LogP contribution in [0.1, 0.15) is 68.3 Å². The predicted molar refractivity (Wildman–Crippen MR) is 167 cm³/mol. The molecule has 0 bridgehead atoms. The van der Waals surface area contributed by atoms with Crippen molar-refractivity contribution in [2.75, 3.05) is 6.61 Å². The van der Waals surface area contributed by atoms with E-state index >= 15 is 0 Å². The molecule has 1 atom stereocenters. The summed E-state index contributed by atoms with van der Waals surface area (Å²) in [6, 6.07) is 16.3.